The number of nitrogens with zero attached hydrogens (tertiary/aromatic N) is 1. The van der Waals surface area contributed by atoms with E-state index in [9.17, 15) is 4.79 Å². The van der Waals surface area contributed by atoms with Gasteiger partial charge in [0.1, 0.15) is 0 Å². The van der Waals surface area contributed by atoms with Gasteiger partial charge in [-0.25, -0.2) is 0 Å². The molecule has 2 aliphatic heterocycles. The van der Waals surface area contributed by atoms with Crippen molar-refractivity contribution in [3.8, 4) is 0 Å². The number of fused-ring (bicyclic) bond motifs is 1. The summed E-state index contributed by atoms with van der Waals surface area (Å²) in [7, 11) is 1.91. The highest BCUT2D eigenvalue weighted by Crippen LogP contribution is 2.30. The third-order valence-electron chi connectivity index (χ3n) is 4.43. The fourth-order valence-corrected chi connectivity index (χ4v) is 3.12. The summed E-state index contributed by atoms with van der Waals surface area (Å²) in [6.07, 6.45) is 2.36. The monoisotopic (exact) mass is 274 g/mol. The molecule has 4 nitrogen and oxygen atoms in total. The van der Waals surface area contributed by atoms with E-state index in [2.05, 4.69) is 23.5 Å². The third-order valence-corrected chi connectivity index (χ3v) is 4.43. The summed E-state index contributed by atoms with van der Waals surface area (Å²) in [4.78, 5) is 14.3. The fourth-order valence-electron chi connectivity index (χ4n) is 3.12. The van der Waals surface area contributed by atoms with Gasteiger partial charge in [-0.1, -0.05) is 24.3 Å². The second-order valence-corrected chi connectivity index (χ2v) is 5.66. The topological polar surface area (TPSA) is 41.6 Å². The molecule has 0 aliphatic carbocycles. The Balaban J connectivity index is 1.67. The summed E-state index contributed by atoms with van der Waals surface area (Å²) < 4.78 is 5.82. The van der Waals surface area contributed by atoms with Crippen molar-refractivity contribution < 1.29 is 9.53 Å². The van der Waals surface area contributed by atoms with Gasteiger partial charge in [-0.05, 0) is 30.5 Å². The zero-order valence-electron chi connectivity index (χ0n) is 12.0. The van der Waals surface area contributed by atoms with Crippen LogP contribution in [-0.4, -0.2) is 43.6 Å². The van der Waals surface area contributed by atoms with Gasteiger partial charge in [0.05, 0.1) is 19.1 Å². The lowest BCUT2D eigenvalue weighted by molar-refractivity contribution is -0.135. The Morgan fingerprint density at radius 3 is 3.10 bits per heavy atom. The lowest BCUT2D eigenvalue weighted by atomic mass is 9.95. The molecule has 1 aromatic rings. The number of benzene rings is 1. The number of amides is 1. The van der Waals surface area contributed by atoms with Crippen LogP contribution in [-0.2, 0) is 16.0 Å². The Morgan fingerprint density at radius 2 is 2.30 bits per heavy atom. The van der Waals surface area contributed by atoms with Gasteiger partial charge < -0.3 is 15.0 Å². The Labute approximate surface area is 120 Å². The highest BCUT2D eigenvalue weighted by atomic mass is 16.5. The summed E-state index contributed by atoms with van der Waals surface area (Å²) in [6, 6.07) is 8.64. The van der Waals surface area contributed by atoms with Crippen LogP contribution in [0, 0.1) is 0 Å². The lowest BCUT2D eigenvalue weighted by Gasteiger charge is -2.29. The maximum Gasteiger partial charge on any atom is 0.225 e. The van der Waals surface area contributed by atoms with Gasteiger partial charge in [-0.2, -0.15) is 0 Å². The van der Waals surface area contributed by atoms with E-state index in [1.54, 1.807) is 0 Å². The number of ether oxygens (including phenoxy) is 1. The van der Waals surface area contributed by atoms with E-state index in [0.29, 0.717) is 19.1 Å². The minimum atomic E-state index is -0.0794. The molecule has 4 heteroatoms. The van der Waals surface area contributed by atoms with E-state index >= 15 is 0 Å². The van der Waals surface area contributed by atoms with Crippen LogP contribution in [0.4, 0.5) is 0 Å². The molecule has 2 atom stereocenters. The molecule has 1 N–H and O–H groups in total. The number of likely N-dealkylation sites (N-methyl/N-ethyl adjacent to an activating group) is 1. The molecule has 1 amide bonds. The van der Waals surface area contributed by atoms with E-state index in [1.165, 1.54) is 11.1 Å². The van der Waals surface area contributed by atoms with Gasteiger partial charge in [-0.3, -0.25) is 4.79 Å². The zero-order valence-corrected chi connectivity index (χ0v) is 12.0. The molecule has 3 rings (SSSR count). The van der Waals surface area contributed by atoms with Crippen LogP contribution < -0.4 is 5.32 Å². The van der Waals surface area contributed by atoms with Crippen molar-refractivity contribution in [1.29, 1.82) is 0 Å². The molecule has 0 saturated carbocycles. The molecular weight excluding hydrogens is 252 g/mol. The van der Waals surface area contributed by atoms with E-state index in [0.717, 1.165) is 25.9 Å². The first kappa shape index (κ1) is 13.6. The van der Waals surface area contributed by atoms with Crippen molar-refractivity contribution in [1.82, 2.24) is 10.2 Å². The standard InChI is InChI=1S/C16H22N2O2/c1-18(13-6-8-17-11-13)16(19)10-15-14-5-3-2-4-12(14)7-9-20-15/h2-5,13,15,17H,6-11H2,1H3. The van der Waals surface area contributed by atoms with Crippen molar-refractivity contribution in [2.75, 3.05) is 26.7 Å². The summed E-state index contributed by atoms with van der Waals surface area (Å²) in [5, 5.41) is 3.30. The zero-order chi connectivity index (χ0) is 13.9. The van der Waals surface area contributed by atoms with Crippen LogP contribution >= 0.6 is 0 Å². The van der Waals surface area contributed by atoms with E-state index in [4.69, 9.17) is 4.74 Å². The fraction of sp³-hybridized carbons (Fsp3) is 0.562. The third kappa shape index (κ3) is 2.72. The maximum atomic E-state index is 12.4. The molecule has 0 radical (unpaired) electrons. The molecule has 2 heterocycles. The van der Waals surface area contributed by atoms with Crippen LogP contribution in [0.5, 0.6) is 0 Å². The molecule has 1 aromatic carbocycles. The van der Waals surface area contributed by atoms with Gasteiger partial charge in [0.2, 0.25) is 5.91 Å². The second kappa shape index (κ2) is 5.94. The minimum Gasteiger partial charge on any atom is -0.373 e. The summed E-state index contributed by atoms with van der Waals surface area (Å²) >= 11 is 0. The Morgan fingerprint density at radius 1 is 1.45 bits per heavy atom. The molecule has 20 heavy (non-hydrogen) atoms. The van der Waals surface area contributed by atoms with Crippen LogP contribution in [0.25, 0.3) is 0 Å². The number of carbonyl (C=O) groups excluding carboxylic acids is 1. The van der Waals surface area contributed by atoms with Crippen molar-refractivity contribution in [2.24, 2.45) is 0 Å². The number of carbonyl (C=O) groups is 1. The molecule has 1 fully saturated rings. The lowest BCUT2D eigenvalue weighted by Crippen LogP contribution is -2.39. The van der Waals surface area contributed by atoms with Crippen molar-refractivity contribution in [2.45, 2.75) is 31.4 Å². The predicted molar refractivity (Wildman–Crippen MR) is 77.5 cm³/mol. The van der Waals surface area contributed by atoms with Crippen LogP contribution in [0.15, 0.2) is 24.3 Å². The molecule has 108 valence electrons. The van der Waals surface area contributed by atoms with Gasteiger partial charge in [0.25, 0.3) is 0 Å². The van der Waals surface area contributed by atoms with Crippen LogP contribution in [0.1, 0.15) is 30.1 Å². The molecule has 0 spiro atoms. The van der Waals surface area contributed by atoms with E-state index in [1.807, 2.05) is 18.0 Å². The number of nitrogens with one attached hydrogen (secondary N) is 1. The maximum absolute atomic E-state index is 12.4. The normalized spacial score (nSPS) is 25.2. The first-order valence-electron chi connectivity index (χ1n) is 7.41. The quantitative estimate of drug-likeness (QED) is 0.908. The molecule has 0 bridgehead atoms. The molecule has 2 unspecified atom stereocenters. The molecule has 0 aromatic heterocycles. The highest BCUT2D eigenvalue weighted by Gasteiger charge is 2.28. The second-order valence-electron chi connectivity index (χ2n) is 5.66. The average molecular weight is 274 g/mol. The first-order chi connectivity index (χ1) is 9.75. The van der Waals surface area contributed by atoms with Gasteiger partial charge in [0.15, 0.2) is 0 Å². The van der Waals surface area contributed by atoms with Crippen LogP contribution in [0.3, 0.4) is 0 Å². The SMILES string of the molecule is CN(C(=O)CC1OCCc2ccccc21)C1CCNC1. The minimum absolute atomic E-state index is 0.0794. The average Bonchev–Trinajstić information content (AvgIpc) is 3.01. The largest absolute Gasteiger partial charge is 0.373 e. The van der Waals surface area contributed by atoms with Crippen LogP contribution in [0.2, 0.25) is 0 Å². The van der Waals surface area contributed by atoms with E-state index in [-0.39, 0.29) is 12.0 Å². The summed E-state index contributed by atoms with van der Waals surface area (Å²) in [6.45, 7) is 2.62. The Kier molecular flexibility index (Phi) is 4.03. The molecule has 1 saturated heterocycles. The van der Waals surface area contributed by atoms with Crippen molar-refractivity contribution in [3.63, 3.8) is 0 Å². The van der Waals surface area contributed by atoms with Gasteiger partial charge in [-0.15, -0.1) is 0 Å². The van der Waals surface area contributed by atoms with Crippen molar-refractivity contribution in [3.05, 3.63) is 35.4 Å². The summed E-state index contributed by atoms with van der Waals surface area (Å²) in [5.74, 6) is 0.181. The summed E-state index contributed by atoms with van der Waals surface area (Å²) in [5.41, 5.74) is 2.51. The number of hydrogen-bond acceptors (Lipinski definition) is 3. The Bertz CT molecular complexity index is 483. The number of rotatable bonds is 3. The molecular formula is C16H22N2O2. The van der Waals surface area contributed by atoms with Crippen molar-refractivity contribution >= 4 is 5.91 Å². The molecule has 2 aliphatic rings. The smallest absolute Gasteiger partial charge is 0.225 e. The highest BCUT2D eigenvalue weighted by molar-refractivity contribution is 5.77. The first-order valence-corrected chi connectivity index (χ1v) is 7.41. The van der Waals surface area contributed by atoms with E-state index < -0.39 is 0 Å². The Hall–Kier alpha value is -1.39. The predicted octanol–water partition coefficient (Wildman–Crippen LogP) is 1.51. The number of hydrogen-bond donors (Lipinski definition) is 1. The van der Waals surface area contributed by atoms with Gasteiger partial charge in [0, 0.05) is 19.6 Å². The van der Waals surface area contributed by atoms with Gasteiger partial charge >= 0.3 is 0 Å².